The molecule has 120 valence electrons. The van der Waals surface area contributed by atoms with Gasteiger partial charge in [-0.25, -0.2) is 0 Å². The van der Waals surface area contributed by atoms with Crippen LogP contribution in [0, 0.1) is 11.8 Å². The highest BCUT2D eigenvalue weighted by molar-refractivity contribution is 6.82. The van der Waals surface area contributed by atoms with Gasteiger partial charge in [0.1, 0.15) is 0 Å². The first-order valence-corrected chi connectivity index (χ1v) is 10.9. The van der Waals surface area contributed by atoms with Gasteiger partial charge in [-0.1, -0.05) is 78.0 Å². The fourth-order valence-corrected chi connectivity index (χ4v) is 6.51. The quantitative estimate of drug-likeness (QED) is 0.801. The minimum atomic E-state index is -2.15. The molecular weight excluding hydrogens is 276 g/mol. The van der Waals surface area contributed by atoms with Crippen LogP contribution in [0.4, 0.5) is 0 Å². The Labute approximate surface area is 131 Å². The number of hydrogen-bond acceptors (Lipinski definition) is 2. The molecule has 0 fully saturated rings. The first kappa shape index (κ1) is 18.4. The molecule has 2 N–H and O–H groups in total. The average molecular weight is 309 g/mol. The molecule has 0 aromatic heterocycles. The van der Waals surface area contributed by atoms with E-state index in [0.29, 0.717) is 0 Å². The van der Waals surface area contributed by atoms with Crippen LogP contribution in [0.1, 0.15) is 40.2 Å². The lowest BCUT2D eigenvalue weighted by Crippen LogP contribution is -2.62. The Hall–Kier alpha value is -0.643. The molecule has 1 rings (SSSR count). The molecule has 2 nitrogen and oxygen atoms in total. The molecule has 0 saturated heterocycles. The molecule has 0 aliphatic heterocycles. The van der Waals surface area contributed by atoms with Gasteiger partial charge in [0.2, 0.25) is 0 Å². The largest absolute Gasteiger partial charge is 0.396 e. The van der Waals surface area contributed by atoms with Crippen molar-refractivity contribution in [3.63, 3.8) is 0 Å². The SMILES string of the molecule is CC(C)[C@H](CO)[C@](O)(c1ccccc1)[Si](C)(C)C(C)(C)C. The number of aliphatic hydroxyl groups excluding tert-OH is 1. The highest BCUT2D eigenvalue weighted by atomic mass is 28.3. The molecule has 1 aromatic rings. The van der Waals surface area contributed by atoms with Crippen LogP contribution in [0.15, 0.2) is 30.3 Å². The summed E-state index contributed by atoms with van der Waals surface area (Å²) in [6.07, 6.45) is 0. The van der Waals surface area contributed by atoms with Gasteiger partial charge in [-0.2, -0.15) is 0 Å². The Morgan fingerprint density at radius 3 is 1.86 bits per heavy atom. The summed E-state index contributed by atoms with van der Waals surface area (Å²) in [5.41, 5.74) is 0.948. The molecule has 2 atom stereocenters. The van der Waals surface area contributed by atoms with E-state index in [9.17, 15) is 10.2 Å². The third-order valence-corrected chi connectivity index (χ3v) is 11.9. The molecule has 0 heterocycles. The first-order valence-electron chi connectivity index (χ1n) is 7.89. The summed E-state index contributed by atoms with van der Waals surface area (Å²) in [6.45, 7) is 15.3. The maximum Gasteiger partial charge on any atom is 0.0966 e. The predicted octanol–water partition coefficient (Wildman–Crippen LogP) is 4.19. The molecule has 0 saturated carbocycles. The maximum atomic E-state index is 11.9. The highest BCUT2D eigenvalue weighted by Crippen LogP contribution is 2.51. The lowest BCUT2D eigenvalue weighted by Gasteiger charge is -2.54. The van der Waals surface area contributed by atoms with Crippen LogP contribution in [-0.4, -0.2) is 24.9 Å². The molecule has 3 heteroatoms. The van der Waals surface area contributed by atoms with Crippen molar-refractivity contribution in [2.75, 3.05) is 6.61 Å². The summed E-state index contributed by atoms with van der Waals surface area (Å²) in [4.78, 5) is 0. The third-order valence-electron chi connectivity index (χ3n) is 5.58. The Morgan fingerprint density at radius 1 is 1.05 bits per heavy atom. The van der Waals surface area contributed by atoms with E-state index in [1.165, 1.54) is 0 Å². The van der Waals surface area contributed by atoms with E-state index in [1.807, 2.05) is 30.3 Å². The van der Waals surface area contributed by atoms with Gasteiger partial charge in [-0.05, 0) is 16.5 Å². The molecule has 0 unspecified atom stereocenters. The van der Waals surface area contributed by atoms with Crippen LogP contribution < -0.4 is 0 Å². The maximum absolute atomic E-state index is 11.9. The molecular formula is C18H32O2Si. The highest BCUT2D eigenvalue weighted by Gasteiger charge is 2.57. The standard InChI is InChI=1S/C18H32O2Si/c1-14(2)16(13-19)18(20,15-11-9-8-10-12-15)21(6,7)17(3,4)5/h8-12,14,16,19-20H,13H2,1-7H3/t16-,18-/m0/s1. The zero-order chi connectivity index (χ0) is 16.5. The Bertz CT molecular complexity index is 448. The van der Waals surface area contributed by atoms with Crippen molar-refractivity contribution in [1.29, 1.82) is 0 Å². The normalized spacial score (nSPS) is 17.6. The summed E-state index contributed by atoms with van der Waals surface area (Å²) in [5, 5.41) is 20.9. The van der Waals surface area contributed by atoms with Crippen molar-refractivity contribution in [3.05, 3.63) is 35.9 Å². The summed E-state index contributed by atoms with van der Waals surface area (Å²) in [5.74, 6) is 0.0649. The van der Waals surface area contributed by atoms with Crippen molar-refractivity contribution in [2.45, 2.75) is 58.0 Å². The number of rotatable bonds is 5. The molecule has 0 amide bonds. The van der Waals surface area contributed by atoms with E-state index >= 15 is 0 Å². The smallest absolute Gasteiger partial charge is 0.0966 e. The van der Waals surface area contributed by atoms with Crippen molar-refractivity contribution >= 4 is 8.07 Å². The fraction of sp³-hybridized carbons (Fsp3) is 0.667. The first-order chi connectivity index (χ1) is 9.50. The van der Waals surface area contributed by atoms with E-state index in [1.54, 1.807) is 0 Å². The minimum absolute atomic E-state index is 0.00949. The molecule has 0 aliphatic rings. The fourth-order valence-electron chi connectivity index (χ4n) is 3.13. The molecule has 0 spiro atoms. The van der Waals surface area contributed by atoms with Gasteiger partial charge in [-0.3, -0.25) is 0 Å². The topological polar surface area (TPSA) is 40.5 Å². The van der Waals surface area contributed by atoms with E-state index in [0.717, 1.165) is 5.56 Å². The van der Waals surface area contributed by atoms with Gasteiger partial charge in [-0.15, -0.1) is 0 Å². The number of hydrogen-bond donors (Lipinski definition) is 2. The van der Waals surface area contributed by atoms with Crippen LogP contribution in [0.3, 0.4) is 0 Å². The Kier molecular flexibility index (Phi) is 5.46. The summed E-state index contributed by atoms with van der Waals surface area (Å²) in [6, 6.07) is 9.93. The van der Waals surface area contributed by atoms with Gasteiger partial charge in [0.15, 0.2) is 0 Å². The zero-order valence-electron chi connectivity index (χ0n) is 14.6. The minimum Gasteiger partial charge on any atom is -0.396 e. The van der Waals surface area contributed by atoms with Gasteiger partial charge in [0.05, 0.1) is 13.3 Å². The summed E-state index contributed by atoms with van der Waals surface area (Å²) in [7, 11) is -2.15. The van der Waals surface area contributed by atoms with E-state index in [2.05, 4.69) is 47.7 Å². The van der Waals surface area contributed by atoms with Crippen LogP contribution in [-0.2, 0) is 5.22 Å². The predicted molar refractivity (Wildman–Crippen MR) is 92.9 cm³/mol. The van der Waals surface area contributed by atoms with E-state index in [4.69, 9.17) is 0 Å². The zero-order valence-corrected chi connectivity index (χ0v) is 15.6. The van der Waals surface area contributed by atoms with Crippen molar-refractivity contribution in [3.8, 4) is 0 Å². The van der Waals surface area contributed by atoms with Gasteiger partial charge < -0.3 is 10.2 Å². The monoisotopic (exact) mass is 308 g/mol. The van der Waals surface area contributed by atoms with Gasteiger partial charge in [0, 0.05) is 12.5 Å². The van der Waals surface area contributed by atoms with Crippen LogP contribution in [0.25, 0.3) is 0 Å². The Morgan fingerprint density at radius 2 is 1.52 bits per heavy atom. The van der Waals surface area contributed by atoms with Crippen molar-refractivity contribution in [1.82, 2.24) is 0 Å². The third kappa shape index (κ3) is 3.10. The molecule has 1 aromatic carbocycles. The second kappa shape index (κ2) is 6.23. The van der Waals surface area contributed by atoms with Gasteiger partial charge >= 0.3 is 0 Å². The van der Waals surface area contributed by atoms with E-state index in [-0.39, 0.29) is 23.5 Å². The Balaban J connectivity index is 3.58. The van der Waals surface area contributed by atoms with E-state index < -0.39 is 13.3 Å². The summed E-state index contributed by atoms with van der Waals surface area (Å²) >= 11 is 0. The molecule has 0 bridgehead atoms. The van der Waals surface area contributed by atoms with Crippen LogP contribution in [0.5, 0.6) is 0 Å². The van der Waals surface area contributed by atoms with Crippen molar-refractivity contribution < 1.29 is 10.2 Å². The van der Waals surface area contributed by atoms with Crippen LogP contribution in [0.2, 0.25) is 18.1 Å². The van der Waals surface area contributed by atoms with Crippen molar-refractivity contribution in [2.24, 2.45) is 11.8 Å². The van der Waals surface area contributed by atoms with Gasteiger partial charge in [0.25, 0.3) is 0 Å². The molecule has 21 heavy (non-hydrogen) atoms. The van der Waals surface area contributed by atoms with Crippen LogP contribution >= 0.6 is 0 Å². The lowest BCUT2D eigenvalue weighted by molar-refractivity contribution is -0.00910. The average Bonchev–Trinajstić information content (AvgIpc) is 2.38. The second-order valence-corrected chi connectivity index (χ2v) is 13.6. The summed E-state index contributed by atoms with van der Waals surface area (Å²) < 4.78 is 0. The second-order valence-electron chi connectivity index (χ2n) is 8.04. The lowest BCUT2D eigenvalue weighted by atomic mass is 9.86. The number of aliphatic hydroxyl groups is 2. The number of benzene rings is 1. The molecule has 0 aliphatic carbocycles. The molecule has 0 radical (unpaired) electrons.